The average Bonchev–Trinajstić information content (AvgIpc) is 3.03. The molecule has 1 amide bonds. The number of hydrogen-bond acceptors (Lipinski definition) is 7. The minimum Gasteiger partial charge on any atom is -0.507 e. The Balaban J connectivity index is 1.76. The van der Waals surface area contributed by atoms with E-state index in [1.54, 1.807) is 43.7 Å². The number of aromatic hydroxyl groups is 1. The Bertz CT molecular complexity index is 1100. The molecule has 2 aromatic carbocycles. The number of anilines is 2. The van der Waals surface area contributed by atoms with Crippen molar-refractivity contribution in [3.8, 4) is 11.5 Å². The molecule has 2 heterocycles. The van der Waals surface area contributed by atoms with Gasteiger partial charge in [0.1, 0.15) is 11.5 Å². The van der Waals surface area contributed by atoms with Crippen molar-refractivity contribution in [2.24, 2.45) is 5.10 Å². The molecule has 0 unspecified atom stereocenters. The summed E-state index contributed by atoms with van der Waals surface area (Å²) < 4.78 is 5.35. The molecule has 0 atom stereocenters. The highest BCUT2D eigenvalue weighted by Crippen LogP contribution is 2.34. The molecule has 3 N–H and O–H groups in total. The van der Waals surface area contributed by atoms with E-state index in [0.29, 0.717) is 27.7 Å². The van der Waals surface area contributed by atoms with Crippen molar-refractivity contribution in [1.29, 1.82) is 0 Å². The molecule has 7 nitrogen and oxygen atoms in total. The third-order valence-corrected chi connectivity index (χ3v) is 4.99. The number of carbonyl (C=O) groups excluding carboxylic acids is 1. The SMILES string of the molecule is COc1ccccc1Nc1nc2c(s1)C=NNC(=O)/C2=C/c1ccccc1O. The number of benzene rings is 2. The lowest BCUT2D eigenvalue weighted by molar-refractivity contribution is -0.115. The Morgan fingerprint density at radius 1 is 1.18 bits per heavy atom. The quantitative estimate of drug-likeness (QED) is 0.590. The maximum absolute atomic E-state index is 12.5. The number of para-hydroxylation sites is 3. The van der Waals surface area contributed by atoms with Gasteiger partial charge >= 0.3 is 0 Å². The van der Waals surface area contributed by atoms with Crippen LogP contribution < -0.4 is 15.5 Å². The minimum absolute atomic E-state index is 0.0807. The number of aromatic nitrogens is 1. The third kappa shape index (κ3) is 3.45. The summed E-state index contributed by atoms with van der Waals surface area (Å²) >= 11 is 1.36. The molecule has 0 spiro atoms. The summed E-state index contributed by atoms with van der Waals surface area (Å²) in [4.78, 5) is 17.8. The van der Waals surface area contributed by atoms with E-state index in [9.17, 15) is 9.90 Å². The van der Waals surface area contributed by atoms with E-state index in [2.05, 4.69) is 20.8 Å². The van der Waals surface area contributed by atoms with Crippen LogP contribution in [0.25, 0.3) is 11.6 Å². The van der Waals surface area contributed by atoms with Crippen LogP contribution in [0.3, 0.4) is 0 Å². The topological polar surface area (TPSA) is 95.8 Å². The van der Waals surface area contributed by atoms with Crippen molar-refractivity contribution in [3.05, 3.63) is 64.7 Å². The summed E-state index contributed by atoms with van der Waals surface area (Å²) in [5, 5.41) is 17.8. The molecule has 0 aliphatic carbocycles. The zero-order chi connectivity index (χ0) is 19.5. The molecule has 0 radical (unpaired) electrons. The maximum Gasteiger partial charge on any atom is 0.273 e. The molecule has 8 heteroatoms. The number of rotatable bonds is 4. The van der Waals surface area contributed by atoms with E-state index < -0.39 is 5.91 Å². The van der Waals surface area contributed by atoms with Gasteiger partial charge in [0.25, 0.3) is 5.91 Å². The number of phenols is 1. The fraction of sp³-hybridized carbons (Fsp3) is 0.0500. The van der Waals surface area contributed by atoms with E-state index in [4.69, 9.17) is 4.74 Å². The van der Waals surface area contributed by atoms with Gasteiger partial charge in [0.2, 0.25) is 0 Å². The first kappa shape index (κ1) is 17.7. The van der Waals surface area contributed by atoms with Crippen LogP contribution in [0.4, 0.5) is 10.8 Å². The van der Waals surface area contributed by atoms with Crippen LogP contribution in [-0.4, -0.2) is 29.3 Å². The van der Waals surface area contributed by atoms with Crippen LogP contribution in [0.15, 0.2) is 53.6 Å². The fourth-order valence-electron chi connectivity index (χ4n) is 2.75. The molecule has 1 aromatic heterocycles. The van der Waals surface area contributed by atoms with Gasteiger partial charge in [-0.15, -0.1) is 0 Å². The van der Waals surface area contributed by atoms with Crippen LogP contribution in [0.2, 0.25) is 0 Å². The molecule has 0 bridgehead atoms. The highest BCUT2D eigenvalue weighted by atomic mass is 32.1. The van der Waals surface area contributed by atoms with Crippen molar-refractivity contribution in [2.75, 3.05) is 12.4 Å². The number of nitrogens with zero attached hydrogens (tertiary/aromatic N) is 2. The van der Waals surface area contributed by atoms with Crippen molar-refractivity contribution < 1.29 is 14.6 Å². The molecule has 0 saturated carbocycles. The van der Waals surface area contributed by atoms with Crippen LogP contribution in [-0.2, 0) is 4.79 Å². The summed E-state index contributed by atoms with van der Waals surface area (Å²) in [6.45, 7) is 0. The monoisotopic (exact) mass is 392 g/mol. The number of phenolic OH excluding ortho intramolecular Hbond substituents is 1. The summed E-state index contributed by atoms with van der Waals surface area (Å²) in [5.41, 5.74) is 4.56. The molecule has 140 valence electrons. The second-order valence-corrected chi connectivity index (χ2v) is 6.90. The number of ether oxygens (including phenoxy) is 1. The Morgan fingerprint density at radius 2 is 1.96 bits per heavy atom. The van der Waals surface area contributed by atoms with Gasteiger partial charge in [-0.25, -0.2) is 10.4 Å². The molecule has 3 aromatic rings. The first-order valence-corrected chi connectivity index (χ1v) is 9.21. The van der Waals surface area contributed by atoms with Gasteiger partial charge < -0.3 is 15.2 Å². The van der Waals surface area contributed by atoms with Gasteiger partial charge in [-0.3, -0.25) is 4.79 Å². The Hall–Kier alpha value is -3.65. The van der Waals surface area contributed by atoms with E-state index in [-0.39, 0.29) is 5.75 Å². The van der Waals surface area contributed by atoms with Crippen molar-refractivity contribution >= 4 is 45.9 Å². The normalized spacial score (nSPS) is 14.3. The number of hydrogen-bond donors (Lipinski definition) is 3. The predicted octanol–water partition coefficient (Wildman–Crippen LogP) is 3.61. The largest absolute Gasteiger partial charge is 0.507 e. The Morgan fingerprint density at radius 3 is 2.79 bits per heavy atom. The molecule has 0 saturated heterocycles. The lowest BCUT2D eigenvalue weighted by atomic mass is 10.1. The summed E-state index contributed by atoms with van der Waals surface area (Å²) in [7, 11) is 1.60. The van der Waals surface area contributed by atoms with Crippen LogP contribution in [0.5, 0.6) is 11.5 Å². The second kappa shape index (κ2) is 7.53. The summed E-state index contributed by atoms with van der Waals surface area (Å²) in [6.07, 6.45) is 3.16. The number of carbonyl (C=O) groups is 1. The maximum atomic E-state index is 12.5. The van der Waals surface area contributed by atoms with E-state index in [1.165, 1.54) is 11.3 Å². The molecule has 1 aliphatic heterocycles. The van der Waals surface area contributed by atoms with Gasteiger partial charge in [-0.1, -0.05) is 41.7 Å². The third-order valence-electron chi connectivity index (χ3n) is 4.09. The number of nitrogens with one attached hydrogen (secondary N) is 2. The molecule has 28 heavy (non-hydrogen) atoms. The number of amides is 1. The number of methoxy groups -OCH3 is 1. The van der Waals surface area contributed by atoms with Gasteiger partial charge in [-0.05, 0) is 24.3 Å². The van der Waals surface area contributed by atoms with E-state index in [0.717, 1.165) is 10.6 Å². The second-order valence-electron chi connectivity index (χ2n) is 5.87. The number of hydrazone groups is 1. The Labute approximate surface area is 165 Å². The minimum atomic E-state index is -0.396. The van der Waals surface area contributed by atoms with Gasteiger partial charge in [0.15, 0.2) is 5.13 Å². The lowest BCUT2D eigenvalue weighted by Gasteiger charge is -2.08. The fourth-order valence-corrected chi connectivity index (χ4v) is 3.61. The van der Waals surface area contributed by atoms with E-state index in [1.807, 2.05) is 24.3 Å². The smallest absolute Gasteiger partial charge is 0.273 e. The number of fused-ring (bicyclic) bond motifs is 1. The molecule has 1 aliphatic rings. The van der Waals surface area contributed by atoms with Crippen LogP contribution >= 0.6 is 11.3 Å². The zero-order valence-electron chi connectivity index (χ0n) is 14.8. The first-order valence-electron chi connectivity index (χ1n) is 8.40. The molecule has 4 rings (SSSR count). The van der Waals surface area contributed by atoms with Gasteiger partial charge in [0, 0.05) is 5.56 Å². The highest BCUT2D eigenvalue weighted by Gasteiger charge is 2.23. The molecular formula is C20H16N4O3S. The molecular weight excluding hydrogens is 376 g/mol. The lowest BCUT2D eigenvalue weighted by Crippen LogP contribution is -2.17. The van der Waals surface area contributed by atoms with Crippen LogP contribution in [0, 0.1) is 0 Å². The summed E-state index contributed by atoms with van der Waals surface area (Å²) in [5.74, 6) is 0.369. The summed E-state index contributed by atoms with van der Waals surface area (Å²) in [6, 6.07) is 14.3. The van der Waals surface area contributed by atoms with Crippen molar-refractivity contribution in [3.63, 3.8) is 0 Å². The number of thiazole rings is 1. The molecule has 0 fully saturated rings. The van der Waals surface area contributed by atoms with Gasteiger partial charge in [0.05, 0.1) is 35.2 Å². The van der Waals surface area contributed by atoms with Crippen molar-refractivity contribution in [1.82, 2.24) is 10.4 Å². The Kier molecular flexibility index (Phi) is 4.77. The first-order chi connectivity index (χ1) is 13.7. The van der Waals surface area contributed by atoms with Crippen molar-refractivity contribution in [2.45, 2.75) is 0 Å². The standard InChI is InChI=1S/C20H16N4O3S/c1-27-16-9-5-3-7-14(16)22-20-23-18-13(10-12-6-2-4-8-15(12)25)19(26)24-21-11-17(18)28-20/h2-11,25H,1H3,(H,22,23)(H,24,26)/b13-10+. The average molecular weight is 392 g/mol. The van der Waals surface area contributed by atoms with E-state index >= 15 is 0 Å². The predicted molar refractivity (Wildman–Crippen MR) is 110 cm³/mol. The van der Waals surface area contributed by atoms with Crippen LogP contribution in [0.1, 0.15) is 16.1 Å². The highest BCUT2D eigenvalue weighted by molar-refractivity contribution is 7.17. The zero-order valence-corrected chi connectivity index (χ0v) is 15.7. The van der Waals surface area contributed by atoms with Gasteiger partial charge in [-0.2, -0.15) is 5.10 Å².